The van der Waals surface area contributed by atoms with Crippen LogP contribution in [0.4, 0.5) is 0 Å². The van der Waals surface area contributed by atoms with Gasteiger partial charge in [0.25, 0.3) is 0 Å². The molecule has 1 amide bonds. The lowest BCUT2D eigenvalue weighted by molar-refractivity contribution is -0.114. The molecule has 1 fully saturated rings. The van der Waals surface area contributed by atoms with Crippen molar-refractivity contribution in [3.63, 3.8) is 0 Å². The van der Waals surface area contributed by atoms with Crippen molar-refractivity contribution in [2.45, 2.75) is 45.0 Å². The molecule has 1 aliphatic carbocycles. The zero-order chi connectivity index (χ0) is 27.7. The predicted octanol–water partition coefficient (Wildman–Crippen LogP) is 5.99. The van der Waals surface area contributed by atoms with Gasteiger partial charge in [0, 0.05) is 29.4 Å². The summed E-state index contributed by atoms with van der Waals surface area (Å²) in [6.07, 6.45) is 6.09. The number of nitrogens with zero attached hydrogens (tertiary/aromatic N) is 3. The average molecular weight is 586 g/mol. The summed E-state index contributed by atoms with van der Waals surface area (Å²) in [5.74, 6) is 0.0187. The molecule has 1 saturated heterocycles. The minimum atomic E-state index is -0.693. The van der Waals surface area contributed by atoms with Crippen molar-refractivity contribution >= 4 is 62.9 Å². The highest BCUT2D eigenvalue weighted by Crippen LogP contribution is 2.36. The second-order valence-electron chi connectivity index (χ2n) is 9.74. The number of piperidine rings is 1. The molecule has 1 aliphatic heterocycles. The van der Waals surface area contributed by atoms with Crippen molar-refractivity contribution in [2.24, 2.45) is 5.73 Å². The largest absolute Gasteiger partial charge is 0.489 e. The van der Waals surface area contributed by atoms with Crippen molar-refractivity contribution in [3.8, 4) is 5.75 Å². The molecular formula is C29H30Cl2N4O3S. The smallest absolute Gasteiger partial charge is 0.250 e. The molecule has 0 saturated carbocycles. The van der Waals surface area contributed by atoms with E-state index in [0.29, 0.717) is 26.4 Å². The quantitative estimate of drug-likeness (QED) is 0.327. The summed E-state index contributed by atoms with van der Waals surface area (Å²) in [6.45, 7) is 7.16. The fourth-order valence-corrected chi connectivity index (χ4v) is 5.81. The Hall–Kier alpha value is -2.75. The molecule has 1 aromatic heterocycles. The molecule has 0 radical (unpaired) electrons. The zero-order valence-electron chi connectivity index (χ0n) is 21.8. The van der Waals surface area contributed by atoms with Gasteiger partial charge in [0.15, 0.2) is 0 Å². The number of likely N-dealkylation sites (tertiary alicyclic amines) is 1. The fourth-order valence-electron chi connectivity index (χ4n) is 5.04. The van der Waals surface area contributed by atoms with Gasteiger partial charge < -0.3 is 20.1 Å². The van der Waals surface area contributed by atoms with E-state index in [-0.39, 0.29) is 11.7 Å². The number of thiocarbonyl (C=S) groups is 1. The molecule has 7 nitrogen and oxygen atoms in total. The van der Waals surface area contributed by atoms with Crippen LogP contribution in [0.25, 0.3) is 16.7 Å². The van der Waals surface area contributed by atoms with Crippen LogP contribution in [-0.2, 0) is 9.53 Å². The lowest BCUT2D eigenvalue weighted by atomic mass is 9.98. The number of hydrogen-bond donors (Lipinski definition) is 1. The van der Waals surface area contributed by atoms with E-state index in [0.717, 1.165) is 49.1 Å². The van der Waals surface area contributed by atoms with Gasteiger partial charge in [-0.2, -0.15) is 0 Å². The Morgan fingerprint density at radius 2 is 2.00 bits per heavy atom. The Morgan fingerprint density at radius 3 is 2.72 bits per heavy atom. The highest BCUT2D eigenvalue weighted by atomic mass is 35.5. The van der Waals surface area contributed by atoms with Gasteiger partial charge in [-0.1, -0.05) is 54.5 Å². The second kappa shape index (κ2) is 11.8. The number of benzene rings is 2. The zero-order valence-corrected chi connectivity index (χ0v) is 24.1. The van der Waals surface area contributed by atoms with Crippen LogP contribution in [0.2, 0.25) is 10.0 Å². The third-order valence-corrected chi connectivity index (χ3v) is 8.34. The summed E-state index contributed by atoms with van der Waals surface area (Å²) in [6, 6.07) is 11.1. The number of hydrogen-bond acceptors (Lipinski definition) is 6. The number of fused-ring (bicyclic) bond motifs is 1. The van der Waals surface area contributed by atoms with E-state index in [9.17, 15) is 4.79 Å². The van der Waals surface area contributed by atoms with E-state index in [4.69, 9.17) is 50.6 Å². The molecular weight excluding hydrogens is 555 g/mol. The molecule has 0 spiro atoms. The number of aromatic nitrogens is 2. The number of carbonyl (C=O) groups is 1. The van der Waals surface area contributed by atoms with Gasteiger partial charge >= 0.3 is 0 Å². The lowest BCUT2D eigenvalue weighted by Gasteiger charge is -2.31. The molecule has 39 heavy (non-hydrogen) atoms. The third-order valence-electron chi connectivity index (χ3n) is 7.25. The summed E-state index contributed by atoms with van der Waals surface area (Å²) < 4.78 is 14.6. The Kier molecular flexibility index (Phi) is 8.40. The SMILES string of the molecule is CCN1CCC(Oc2cccc([C@@H](C)OC3C=C(n4cnc5cc(Cl)ccc54)C=C(C(N)=O)C3=S)c2Cl)CC1. The monoisotopic (exact) mass is 584 g/mol. The third kappa shape index (κ3) is 5.90. The van der Waals surface area contributed by atoms with E-state index >= 15 is 0 Å². The van der Waals surface area contributed by atoms with Crippen LogP contribution in [-0.4, -0.2) is 57.1 Å². The molecule has 0 bridgehead atoms. The topological polar surface area (TPSA) is 82.6 Å². The van der Waals surface area contributed by atoms with E-state index in [1.807, 2.05) is 41.8 Å². The maximum Gasteiger partial charge on any atom is 0.250 e. The van der Waals surface area contributed by atoms with Gasteiger partial charge in [-0.3, -0.25) is 9.36 Å². The van der Waals surface area contributed by atoms with Crippen LogP contribution in [0.5, 0.6) is 5.75 Å². The molecule has 204 valence electrons. The number of amides is 1. The van der Waals surface area contributed by atoms with Gasteiger partial charge in [0.1, 0.15) is 24.3 Å². The number of ether oxygens (including phenoxy) is 2. The molecule has 10 heteroatoms. The average Bonchev–Trinajstić information content (AvgIpc) is 3.34. The van der Waals surface area contributed by atoms with Crippen LogP contribution in [0.1, 0.15) is 38.4 Å². The molecule has 1 unspecified atom stereocenters. The minimum absolute atomic E-state index is 0.122. The standard InChI is InChI=1S/C29H30Cl2N4O3S/c1-3-34-11-9-20(10-12-34)38-25-6-4-5-21(27(25)31)17(2)37-26-15-19(14-22(28(26)39)29(32)36)35-16-33-23-13-18(30)7-8-24(23)35/h4-8,13-17,20,26H,3,9-12H2,1-2H3,(H2,32,36)/t17-,26?/m1/s1. The van der Waals surface area contributed by atoms with E-state index in [1.165, 1.54) is 0 Å². The molecule has 2 atom stereocenters. The predicted molar refractivity (Wildman–Crippen MR) is 159 cm³/mol. The highest BCUT2D eigenvalue weighted by Gasteiger charge is 2.29. The second-order valence-corrected chi connectivity index (χ2v) is 11.0. The normalized spacial score (nSPS) is 19.6. The number of allylic oxidation sites excluding steroid dienone is 2. The number of primary amides is 1. The number of carbonyl (C=O) groups excluding carboxylic acids is 1. The van der Waals surface area contributed by atoms with Crippen molar-refractivity contribution in [2.75, 3.05) is 19.6 Å². The van der Waals surface area contributed by atoms with Crippen LogP contribution in [0.3, 0.4) is 0 Å². The van der Waals surface area contributed by atoms with Gasteiger partial charge in [0.05, 0.1) is 32.6 Å². The maximum atomic E-state index is 12.3. The Bertz CT molecular complexity index is 1480. The van der Waals surface area contributed by atoms with E-state index in [2.05, 4.69) is 16.8 Å². The summed E-state index contributed by atoms with van der Waals surface area (Å²) >= 11 is 18.6. The first-order valence-electron chi connectivity index (χ1n) is 13.0. The summed E-state index contributed by atoms with van der Waals surface area (Å²) in [7, 11) is 0. The van der Waals surface area contributed by atoms with Crippen molar-refractivity contribution in [1.82, 2.24) is 14.5 Å². The number of nitrogens with two attached hydrogens (primary N) is 1. The van der Waals surface area contributed by atoms with Crippen molar-refractivity contribution in [1.29, 1.82) is 0 Å². The molecule has 5 rings (SSSR count). The van der Waals surface area contributed by atoms with Crippen LogP contribution >= 0.6 is 35.4 Å². The Balaban J connectivity index is 1.39. The summed E-state index contributed by atoms with van der Waals surface area (Å²) in [5, 5.41) is 1.10. The van der Waals surface area contributed by atoms with Crippen molar-refractivity contribution in [3.05, 3.63) is 76.1 Å². The first-order chi connectivity index (χ1) is 18.7. The van der Waals surface area contributed by atoms with Crippen LogP contribution in [0.15, 0.2) is 60.5 Å². The van der Waals surface area contributed by atoms with E-state index in [1.54, 1.807) is 24.5 Å². The fraction of sp³-hybridized carbons (Fsp3) is 0.345. The highest BCUT2D eigenvalue weighted by molar-refractivity contribution is 7.81. The number of rotatable bonds is 8. The van der Waals surface area contributed by atoms with Crippen LogP contribution < -0.4 is 10.5 Å². The molecule has 2 heterocycles. The van der Waals surface area contributed by atoms with Gasteiger partial charge in [-0.25, -0.2) is 4.98 Å². The maximum absolute atomic E-state index is 12.3. The van der Waals surface area contributed by atoms with Gasteiger partial charge in [-0.15, -0.1) is 0 Å². The molecule has 3 aromatic rings. The van der Waals surface area contributed by atoms with Gasteiger partial charge in [0.2, 0.25) is 5.91 Å². The van der Waals surface area contributed by atoms with Crippen molar-refractivity contribution < 1.29 is 14.3 Å². The Labute approximate surface area is 243 Å². The summed E-state index contributed by atoms with van der Waals surface area (Å²) in [5.41, 5.74) is 8.91. The lowest BCUT2D eigenvalue weighted by Crippen LogP contribution is -2.38. The summed E-state index contributed by atoms with van der Waals surface area (Å²) in [4.78, 5) is 19.5. The Morgan fingerprint density at radius 1 is 1.23 bits per heavy atom. The van der Waals surface area contributed by atoms with Crippen LogP contribution in [0, 0.1) is 0 Å². The molecule has 2 aromatic carbocycles. The first kappa shape index (κ1) is 27.8. The first-order valence-corrected chi connectivity index (χ1v) is 14.1. The van der Waals surface area contributed by atoms with Gasteiger partial charge in [-0.05, 0) is 62.7 Å². The molecule has 2 N–H and O–H groups in total. The number of halogens is 2. The number of imidazole rings is 1. The van der Waals surface area contributed by atoms with E-state index < -0.39 is 18.1 Å². The molecule has 2 aliphatic rings. The minimum Gasteiger partial charge on any atom is -0.489 e.